The minimum atomic E-state index is 0.588. The van der Waals surface area contributed by atoms with Crippen LogP contribution in [0.5, 0.6) is 0 Å². The van der Waals surface area contributed by atoms with Gasteiger partial charge in [0.25, 0.3) is 0 Å². The van der Waals surface area contributed by atoms with Crippen LogP contribution in [0.1, 0.15) is 18.5 Å². The molecular formula is C12H20N6. The molecule has 1 fully saturated rings. The fraction of sp³-hybridized carbons (Fsp3) is 0.667. The van der Waals surface area contributed by atoms with Gasteiger partial charge in [0.2, 0.25) is 5.95 Å². The van der Waals surface area contributed by atoms with Gasteiger partial charge in [0, 0.05) is 26.2 Å². The summed E-state index contributed by atoms with van der Waals surface area (Å²) in [4.78, 5) is 6.81. The van der Waals surface area contributed by atoms with Crippen molar-refractivity contribution in [3.8, 4) is 0 Å². The molecule has 1 saturated carbocycles. The number of hydrogen-bond acceptors (Lipinski definition) is 4. The van der Waals surface area contributed by atoms with Gasteiger partial charge >= 0.3 is 0 Å². The normalized spacial score (nSPS) is 16.0. The van der Waals surface area contributed by atoms with Crippen molar-refractivity contribution < 1.29 is 0 Å². The molecule has 98 valence electrons. The maximum atomic E-state index is 6.01. The Hall–Kier alpha value is -1.56. The SMILES string of the molecule is Cc1nn(C)c2c1nc(N)n2CCN(C)C1CC1. The van der Waals surface area contributed by atoms with Crippen LogP contribution in [-0.4, -0.2) is 43.9 Å². The van der Waals surface area contributed by atoms with Crippen molar-refractivity contribution in [1.29, 1.82) is 0 Å². The molecule has 0 aliphatic heterocycles. The minimum absolute atomic E-state index is 0.588. The van der Waals surface area contributed by atoms with Crippen LogP contribution in [0.4, 0.5) is 5.95 Å². The molecule has 0 radical (unpaired) electrons. The quantitative estimate of drug-likeness (QED) is 0.867. The van der Waals surface area contributed by atoms with E-state index < -0.39 is 0 Å². The Labute approximate surface area is 106 Å². The van der Waals surface area contributed by atoms with Gasteiger partial charge in [-0.15, -0.1) is 0 Å². The molecule has 0 saturated heterocycles. The molecule has 3 rings (SSSR count). The van der Waals surface area contributed by atoms with Gasteiger partial charge in [-0.25, -0.2) is 4.98 Å². The number of nitrogen functional groups attached to an aromatic ring is 1. The van der Waals surface area contributed by atoms with E-state index in [1.807, 2.05) is 18.7 Å². The molecule has 2 aromatic rings. The Morgan fingerprint density at radius 3 is 2.83 bits per heavy atom. The number of fused-ring (bicyclic) bond motifs is 1. The third-order valence-corrected chi connectivity index (χ3v) is 3.77. The molecule has 2 heterocycles. The van der Waals surface area contributed by atoms with Crippen LogP contribution < -0.4 is 5.73 Å². The highest BCUT2D eigenvalue weighted by Gasteiger charge is 2.26. The summed E-state index contributed by atoms with van der Waals surface area (Å²) in [6, 6.07) is 0.776. The largest absolute Gasteiger partial charge is 0.369 e. The molecule has 1 aliphatic rings. The smallest absolute Gasteiger partial charge is 0.202 e. The standard InChI is InChI=1S/C12H20N6/c1-8-10-11(17(3)15-8)18(12(13)14-10)7-6-16(2)9-4-5-9/h9H,4-7H2,1-3H3,(H2,13,14). The molecule has 0 atom stereocenters. The zero-order valence-electron chi connectivity index (χ0n) is 11.2. The molecule has 0 unspecified atom stereocenters. The van der Waals surface area contributed by atoms with E-state index in [-0.39, 0.29) is 0 Å². The molecule has 6 heteroatoms. The lowest BCUT2D eigenvalue weighted by atomic mass is 10.4. The number of hydrogen-bond donors (Lipinski definition) is 1. The maximum absolute atomic E-state index is 6.01. The Morgan fingerprint density at radius 1 is 1.44 bits per heavy atom. The first-order chi connectivity index (χ1) is 8.58. The second-order valence-corrected chi connectivity index (χ2v) is 5.21. The zero-order valence-corrected chi connectivity index (χ0v) is 11.2. The van der Waals surface area contributed by atoms with Gasteiger partial charge in [0.05, 0.1) is 5.69 Å². The van der Waals surface area contributed by atoms with Crippen LogP contribution in [0, 0.1) is 6.92 Å². The number of aryl methyl sites for hydroxylation is 2. The molecule has 2 N–H and O–H groups in total. The highest BCUT2D eigenvalue weighted by atomic mass is 15.4. The van der Waals surface area contributed by atoms with Gasteiger partial charge in [-0.1, -0.05) is 0 Å². The highest BCUT2D eigenvalue weighted by Crippen LogP contribution is 2.26. The number of anilines is 1. The second kappa shape index (κ2) is 3.98. The molecule has 6 nitrogen and oxygen atoms in total. The average molecular weight is 248 g/mol. The summed E-state index contributed by atoms with van der Waals surface area (Å²) in [6.07, 6.45) is 2.66. The van der Waals surface area contributed by atoms with E-state index >= 15 is 0 Å². The van der Waals surface area contributed by atoms with Crippen LogP contribution in [-0.2, 0) is 13.6 Å². The van der Waals surface area contributed by atoms with Crippen molar-refractivity contribution in [1.82, 2.24) is 24.2 Å². The Balaban J connectivity index is 1.87. The Kier molecular flexibility index (Phi) is 2.55. The summed E-state index contributed by atoms with van der Waals surface area (Å²) in [5.41, 5.74) is 8.89. The molecule has 2 aromatic heterocycles. The fourth-order valence-electron chi connectivity index (χ4n) is 2.53. The topological polar surface area (TPSA) is 64.9 Å². The van der Waals surface area contributed by atoms with E-state index in [2.05, 4.69) is 26.6 Å². The number of nitrogens with zero attached hydrogens (tertiary/aromatic N) is 5. The van der Waals surface area contributed by atoms with Crippen molar-refractivity contribution in [3.05, 3.63) is 5.69 Å². The third kappa shape index (κ3) is 1.77. The number of aromatic nitrogens is 4. The van der Waals surface area contributed by atoms with Gasteiger partial charge in [-0.2, -0.15) is 5.10 Å². The number of imidazole rings is 1. The van der Waals surface area contributed by atoms with Crippen LogP contribution in [0.2, 0.25) is 0 Å². The van der Waals surface area contributed by atoms with Crippen molar-refractivity contribution >= 4 is 17.1 Å². The molecule has 0 amide bonds. The first-order valence-electron chi connectivity index (χ1n) is 6.43. The number of nitrogens with two attached hydrogens (primary N) is 1. The molecule has 0 bridgehead atoms. The minimum Gasteiger partial charge on any atom is -0.369 e. The van der Waals surface area contributed by atoms with E-state index in [9.17, 15) is 0 Å². The molecule has 1 aliphatic carbocycles. The molecule has 0 spiro atoms. The predicted octanol–water partition coefficient (Wildman–Crippen LogP) is 0.755. The van der Waals surface area contributed by atoms with E-state index in [0.717, 1.165) is 36.0 Å². The lowest BCUT2D eigenvalue weighted by molar-refractivity contribution is 0.311. The summed E-state index contributed by atoms with van der Waals surface area (Å²) in [6.45, 7) is 3.84. The zero-order chi connectivity index (χ0) is 12.9. The van der Waals surface area contributed by atoms with E-state index in [4.69, 9.17) is 5.73 Å². The number of rotatable bonds is 4. The molecule has 18 heavy (non-hydrogen) atoms. The van der Waals surface area contributed by atoms with Crippen molar-refractivity contribution in [2.45, 2.75) is 32.4 Å². The third-order valence-electron chi connectivity index (χ3n) is 3.77. The van der Waals surface area contributed by atoms with Crippen LogP contribution in [0.15, 0.2) is 0 Å². The summed E-state index contributed by atoms with van der Waals surface area (Å²) in [7, 11) is 4.12. The Bertz CT molecular complexity index is 577. The van der Waals surface area contributed by atoms with Gasteiger partial charge in [0.1, 0.15) is 5.52 Å². The second-order valence-electron chi connectivity index (χ2n) is 5.21. The summed E-state index contributed by atoms with van der Waals surface area (Å²) in [5, 5.41) is 4.39. The summed E-state index contributed by atoms with van der Waals surface area (Å²) >= 11 is 0. The van der Waals surface area contributed by atoms with Gasteiger partial charge in [-0.3, -0.25) is 9.25 Å². The summed E-state index contributed by atoms with van der Waals surface area (Å²) in [5.74, 6) is 0.588. The lowest BCUT2D eigenvalue weighted by Gasteiger charge is -2.16. The van der Waals surface area contributed by atoms with Gasteiger partial charge in [-0.05, 0) is 26.8 Å². The van der Waals surface area contributed by atoms with Crippen LogP contribution in [0.25, 0.3) is 11.2 Å². The van der Waals surface area contributed by atoms with Gasteiger partial charge in [0.15, 0.2) is 5.65 Å². The maximum Gasteiger partial charge on any atom is 0.202 e. The van der Waals surface area contributed by atoms with E-state index in [0.29, 0.717) is 5.95 Å². The van der Waals surface area contributed by atoms with Crippen LogP contribution >= 0.6 is 0 Å². The highest BCUT2D eigenvalue weighted by molar-refractivity contribution is 5.77. The number of likely N-dealkylation sites (N-methyl/N-ethyl adjacent to an activating group) is 1. The fourth-order valence-corrected chi connectivity index (χ4v) is 2.53. The van der Waals surface area contributed by atoms with Crippen molar-refractivity contribution in [3.63, 3.8) is 0 Å². The van der Waals surface area contributed by atoms with E-state index in [1.54, 1.807) is 0 Å². The van der Waals surface area contributed by atoms with Gasteiger partial charge < -0.3 is 10.6 Å². The summed E-state index contributed by atoms with van der Waals surface area (Å²) < 4.78 is 3.93. The van der Waals surface area contributed by atoms with Crippen molar-refractivity contribution in [2.24, 2.45) is 7.05 Å². The van der Waals surface area contributed by atoms with Crippen molar-refractivity contribution in [2.75, 3.05) is 19.3 Å². The molecular weight excluding hydrogens is 228 g/mol. The van der Waals surface area contributed by atoms with Crippen LogP contribution in [0.3, 0.4) is 0 Å². The average Bonchev–Trinajstić information content (AvgIpc) is 3.05. The monoisotopic (exact) mass is 248 g/mol. The molecule has 0 aromatic carbocycles. The predicted molar refractivity (Wildman–Crippen MR) is 71.3 cm³/mol. The lowest BCUT2D eigenvalue weighted by Crippen LogP contribution is -2.26. The van der Waals surface area contributed by atoms with E-state index in [1.165, 1.54) is 12.8 Å². The first kappa shape index (κ1) is 11.5. The Morgan fingerprint density at radius 2 is 2.17 bits per heavy atom. The first-order valence-corrected chi connectivity index (χ1v) is 6.43.